The summed E-state index contributed by atoms with van der Waals surface area (Å²) in [6, 6.07) is 17.2. The van der Waals surface area contributed by atoms with Crippen LogP contribution in [0.15, 0.2) is 54.6 Å². The summed E-state index contributed by atoms with van der Waals surface area (Å²) < 4.78 is 34.9. The first-order valence-electron chi connectivity index (χ1n) is 8.17. The standard InChI is InChI=1S/C19H20FNO3S/c1-14-7-9-17(10-8-14)19(16-5-3-2-4-6-16)21-12-15(11-18(21)22)13-25(20,23)24/h2-10,15,19H,11-13H2,1H3. The first kappa shape index (κ1) is 17.6. The molecule has 1 heterocycles. The molecule has 1 fully saturated rings. The van der Waals surface area contributed by atoms with Gasteiger partial charge in [0.15, 0.2) is 0 Å². The van der Waals surface area contributed by atoms with E-state index in [1.165, 1.54) is 0 Å². The summed E-state index contributed by atoms with van der Waals surface area (Å²) >= 11 is 0. The van der Waals surface area contributed by atoms with E-state index >= 15 is 0 Å². The quantitative estimate of drug-likeness (QED) is 0.769. The third-order valence-corrected chi connectivity index (χ3v) is 5.36. The van der Waals surface area contributed by atoms with Gasteiger partial charge in [-0.2, -0.15) is 8.42 Å². The minimum atomic E-state index is -4.59. The lowest BCUT2D eigenvalue weighted by Crippen LogP contribution is -2.31. The first-order valence-corrected chi connectivity index (χ1v) is 9.72. The fourth-order valence-corrected chi connectivity index (χ4v) is 4.17. The second kappa shape index (κ2) is 6.96. The Balaban J connectivity index is 1.95. The number of aryl methyl sites for hydroxylation is 1. The number of likely N-dealkylation sites (tertiary alicyclic amines) is 1. The van der Waals surface area contributed by atoms with Gasteiger partial charge in [-0.15, -0.1) is 3.89 Å². The number of carbonyl (C=O) groups is 1. The molecular weight excluding hydrogens is 341 g/mol. The molecule has 132 valence electrons. The van der Waals surface area contributed by atoms with Gasteiger partial charge in [0.05, 0.1) is 11.8 Å². The number of halogens is 1. The Morgan fingerprint density at radius 1 is 1.08 bits per heavy atom. The molecule has 0 radical (unpaired) electrons. The lowest BCUT2D eigenvalue weighted by molar-refractivity contribution is -0.129. The number of benzene rings is 2. The maximum atomic E-state index is 13.0. The molecule has 2 unspecified atom stereocenters. The van der Waals surface area contributed by atoms with Crippen molar-refractivity contribution in [2.75, 3.05) is 12.3 Å². The topological polar surface area (TPSA) is 54.5 Å². The monoisotopic (exact) mass is 361 g/mol. The van der Waals surface area contributed by atoms with Crippen molar-refractivity contribution in [2.24, 2.45) is 5.92 Å². The number of amides is 1. The van der Waals surface area contributed by atoms with Gasteiger partial charge in [-0.25, -0.2) is 0 Å². The van der Waals surface area contributed by atoms with Crippen LogP contribution >= 0.6 is 0 Å². The summed E-state index contributed by atoms with van der Waals surface area (Å²) in [5.74, 6) is -1.27. The summed E-state index contributed by atoms with van der Waals surface area (Å²) in [5.41, 5.74) is 3.02. The molecule has 1 amide bonds. The van der Waals surface area contributed by atoms with Gasteiger partial charge in [0.25, 0.3) is 0 Å². The second-order valence-electron chi connectivity index (χ2n) is 6.55. The average molecular weight is 361 g/mol. The highest BCUT2D eigenvalue weighted by molar-refractivity contribution is 7.86. The summed E-state index contributed by atoms with van der Waals surface area (Å²) in [6.07, 6.45) is 0.0539. The smallest absolute Gasteiger partial charge is 0.302 e. The van der Waals surface area contributed by atoms with Crippen molar-refractivity contribution in [3.8, 4) is 0 Å². The van der Waals surface area contributed by atoms with E-state index in [4.69, 9.17) is 0 Å². The van der Waals surface area contributed by atoms with Gasteiger partial charge in [0, 0.05) is 18.9 Å². The van der Waals surface area contributed by atoms with Crippen molar-refractivity contribution in [2.45, 2.75) is 19.4 Å². The van der Waals surface area contributed by atoms with Gasteiger partial charge < -0.3 is 4.90 Å². The zero-order valence-electron chi connectivity index (χ0n) is 13.9. The Labute approximate surface area is 147 Å². The van der Waals surface area contributed by atoms with Crippen LogP contribution in [0.4, 0.5) is 3.89 Å². The number of nitrogens with zero attached hydrogens (tertiary/aromatic N) is 1. The predicted octanol–water partition coefficient (Wildman–Crippen LogP) is 3.23. The van der Waals surface area contributed by atoms with E-state index < -0.39 is 21.9 Å². The Morgan fingerprint density at radius 2 is 1.68 bits per heavy atom. The maximum absolute atomic E-state index is 13.0. The number of hydrogen-bond acceptors (Lipinski definition) is 3. The summed E-state index contributed by atoms with van der Waals surface area (Å²) in [6.45, 7) is 2.22. The minimum absolute atomic E-state index is 0.0539. The van der Waals surface area contributed by atoms with Crippen LogP contribution in [-0.4, -0.2) is 31.5 Å². The van der Waals surface area contributed by atoms with Gasteiger partial charge in [0.1, 0.15) is 0 Å². The average Bonchev–Trinajstić information content (AvgIpc) is 2.89. The molecule has 0 aliphatic carbocycles. The largest absolute Gasteiger partial charge is 0.331 e. The van der Waals surface area contributed by atoms with E-state index in [-0.39, 0.29) is 24.9 Å². The van der Waals surface area contributed by atoms with Crippen molar-refractivity contribution in [3.05, 3.63) is 71.3 Å². The van der Waals surface area contributed by atoms with Gasteiger partial charge in [-0.3, -0.25) is 4.79 Å². The second-order valence-corrected chi connectivity index (χ2v) is 7.96. The lowest BCUT2D eigenvalue weighted by Gasteiger charge is -2.29. The van der Waals surface area contributed by atoms with Crippen molar-refractivity contribution in [3.63, 3.8) is 0 Å². The highest BCUT2D eigenvalue weighted by Crippen LogP contribution is 2.34. The molecule has 3 rings (SSSR count). The summed E-state index contributed by atoms with van der Waals surface area (Å²) in [5, 5.41) is 0. The van der Waals surface area contributed by atoms with Crippen LogP contribution in [0.5, 0.6) is 0 Å². The molecule has 0 saturated carbocycles. The van der Waals surface area contributed by atoms with Crippen molar-refractivity contribution >= 4 is 16.1 Å². The molecule has 2 aromatic carbocycles. The molecule has 1 aliphatic heterocycles. The summed E-state index contributed by atoms with van der Waals surface area (Å²) in [7, 11) is -4.59. The van der Waals surface area contributed by atoms with E-state index in [1.807, 2.05) is 61.5 Å². The highest BCUT2D eigenvalue weighted by Gasteiger charge is 2.37. The van der Waals surface area contributed by atoms with Gasteiger partial charge in [0.2, 0.25) is 5.91 Å². The number of rotatable bonds is 5. The van der Waals surface area contributed by atoms with Crippen LogP contribution < -0.4 is 0 Å². The zero-order chi connectivity index (χ0) is 18.0. The van der Waals surface area contributed by atoms with E-state index in [2.05, 4.69) is 0 Å². The van der Waals surface area contributed by atoms with Crippen LogP contribution in [0, 0.1) is 12.8 Å². The maximum Gasteiger partial charge on any atom is 0.302 e. The highest BCUT2D eigenvalue weighted by atomic mass is 32.3. The van der Waals surface area contributed by atoms with Gasteiger partial charge in [-0.1, -0.05) is 60.2 Å². The zero-order valence-corrected chi connectivity index (χ0v) is 14.7. The third kappa shape index (κ3) is 4.25. The molecular formula is C19H20FNO3S. The van der Waals surface area contributed by atoms with Crippen LogP contribution in [-0.2, 0) is 15.0 Å². The normalized spacial score (nSPS) is 19.2. The van der Waals surface area contributed by atoms with Crippen molar-refractivity contribution < 1.29 is 17.1 Å². The molecule has 25 heavy (non-hydrogen) atoms. The van der Waals surface area contributed by atoms with Gasteiger partial charge in [-0.05, 0) is 18.1 Å². The fourth-order valence-electron chi connectivity index (χ4n) is 3.39. The molecule has 1 saturated heterocycles. The van der Waals surface area contributed by atoms with E-state index in [1.54, 1.807) is 4.90 Å². The molecule has 2 atom stereocenters. The van der Waals surface area contributed by atoms with E-state index in [0.29, 0.717) is 0 Å². The Hall–Kier alpha value is -2.21. The van der Waals surface area contributed by atoms with E-state index in [0.717, 1.165) is 16.7 Å². The first-order chi connectivity index (χ1) is 11.8. The Kier molecular flexibility index (Phi) is 4.90. The lowest BCUT2D eigenvalue weighted by atomic mass is 9.96. The number of hydrogen-bond donors (Lipinski definition) is 0. The molecule has 0 N–H and O–H groups in total. The van der Waals surface area contributed by atoms with Crippen LogP contribution in [0.2, 0.25) is 0 Å². The molecule has 2 aromatic rings. The fraction of sp³-hybridized carbons (Fsp3) is 0.316. The molecule has 4 nitrogen and oxygen atoms in total. The van der Waals surface area contributed by atoms with Crippen LogP contribution in [0.3, 0.4) is 0 Å². The number of carbonyl (C=O) groups excluding carboxylic acids is 1. The molecule has 0 aromatic heterocycles. The third-order valence-electron chi connectivity index (χ3n) is 4.49. The van der Waals surface area contributed by atoms with Gasteiger partial charge >= 0.3 is 10.2 Å². The predicted molar refractivity (Wildman–Crippen MR) is 94.2 cm³/mol. The molecule has 0 bridgehead atoms. The van der Waals surface area contributed by atoms with E-state index in [9.17, 15) is 17.1 Å². The van der Waals surface area contributed by atoms with Crippen molar-refractivity contribution in [1.29, 1.82) is 0 Å². The summed E-state index contributed by atoms with van der Waals surface area (Å²) in [4.78, 5) is 14.2. The van der Waals surface area contributed by atoms with Crippen molar-refractivity contribution in [1.82, 2.24) is 4.90 Å². The molecule has 0 spiro atoms. The molecule has 1 aliphatic rings. The van der Waals surface area contributed by atoms with Crippen LogP contribution in [0.1, 0.15) is 29.2 Å². The Morgan fingerprint density at radius 3 is 2.28 bits per heavy atom. The Bertz CT molecular complexity index is 850. The SMILES string of the molecule is Cc1ccc(C(c2ccccc2)N2CC(CS(=O)(=O)F)CC2=O)cc1. The molecule has 6 heteroatoms. The van der Waals surface area contributed by atoms with Crippen LogP contribution in [0.25, 0.3) is 0 Å². The minimum Gasteiger partial charge on any atom is -0.331 e.